The van der Waals surface area contributed by atoms with Crippen molar-refractivity contribution in [2.75, 3.05) is 11.4 Å². The van der Waals surface area contributed by atoms with Gasteiger partial charge in [0.15, 0.2) is 0 Å². The van der Waals surface area contributed by atoms with Crippen LogP contribution in [0.3, 0.4) is 0 Å². The largest absolute Gasteiger partial charge is 0.350 e. The van der Waals surface area contributed by atoms with Crippen molar-refractivity contribution in [3.63, 3.8) is 0 Å². The number of carbonyl (C=O) groups is 1. The molecule has 1 aromatic heterocycles. The number of nitrogens with zero attached hydrogens (tertiary/aromatic N) is 1. The second-order valence-corrected chi connectivity index (χ2v) is 5.24. The molecule has 0 spiro atoms. The normalized spacial score (nSPS) is 10.8. The van der Waals surface area contributed by atoms with Crippen molar-refractivity contribution in [2.45, 2.75) is 6.92 Å². The van der Waals surface area contributed by atoms with Crippen molar-refractivity contribution in [3.8, 4) is 0 Å². The monoisotopic (exact) mass is 298 g/mol. The molecule has 1 N–H and O–H groups in total. The van der Waals surface area contributed by atoms with Crippen LogP contribution in [0.4, 0.5) is 5.69 Å². The number of hydrogen-bond donors (Lipinski definition) is 1. The van der Waals surface area contributed by atoms with Gasteiger partial charge >= 0.3 is 0 Å². The Morgan fingerprint density at radius 2 is 1.90 bits per heavy atom. The average Bonchev–Trinajstić information content (AvgIpc) is 2.92. The number of carbonyl (C=O) groups excluding carboxylic acids is 1. The Hall–Kier alpha value is -2.26. The van der Waals surface area contributed by atoms with Gasteiger partial charge in [-0.05, 0) is 37.3 Å². The number of amides is 1. The van der Waals surface area contributed by atoms with Crippen LogP contribution < -0.4 is 4.90 Å². The third kappa shape index (κ3) is 2.65. The zero-order valence-electron chi connectivity index (χ0n) is 11.6. The van der Waals surface area contributed by atoms with Crippen molar-refractivity contribution in [2.24, 2.45) is 0 Å². The lowest BCUT2D eigenvalue weighted by atomic mass is 10.2. The molecule has 2 aromatic carbocycles. The molecule has 0 bridgehead atoms. The summed E-state index contributed by atoms with van der Waals surface area (Å²) in [6.45, 7) is 2.57. The van der Waals surface area contributed by atoms with Crippen LogP contribution in [-0.2, 0) is 0 Å². The van der Waals surface area contributed by atoms with E-state index in [1.807, 2.05) is 61.5 Å². The molecule has 0 aliphatic carbocycles. The van der Waals surface area contributed by atoms with Crippen molar-refractivity contribution in [1.82, 2.24) is 4.98 Å². The highest BCUT2D eigenvalue weighted by molar-refractivity contribution is 6.31. The molecule has 0 atom stereocenters. The van der Waals surface area contributed by atoms with Crippen molar-refractivity contribution >= 4 is 34.1 Å². The second kappa shape index (κ2) is 5.62. The summed E-state index contributed by atoms with van der Waals surface area (Å²) in [7, 11) is 0. The Kier molecular flexibility index (Phi) is 3.67. The van der Waals surface area contributed by atoms with E-state index in [1.54, 1.807) is 4.90 Å². The number of fused-ring (bicyclic) bond motifs is 1. The van der Waals surface area contributed by atoms with E-state index in [-0.39, 0.29) is 5.91 Å². The molecule has 3 nitrogen and oxygen atoms in total. The lowest BCUT2D eigenvalue weighted by Crippen LogP contribution is -2.30. The van der Waals surface area contributed by atoms with Crippen LogP contribution in [-0.4, -0.2) is 17.4 Å². The third-order valence-corrected chi connectivity index (χ3v) is 3.68. The predicted molar refractivity (Wildman–Crippen MR) is 87.1 cm³/mol. The van der Waals surface area contributed by atoms with Crippen LogP contribution >= 0.6 is 11.6 Å². The van der Waals surface area contributed by atoms with Crippen molar-refractivity contribution in [1.29, 1.82) is 0 Å². The number of benzene rings is 2. The molecule has 0 aliphatic heterocycles. The summed E-state index contributed by atoms with van der Waals surface area (Å²) in [5.74, 6) is -0.0453. The number of aromatic amines is 1. The Labute approximate surface area is 128 Å². The number of aromatic nitrogens is 1. The summed E-state index contributed by atoms with van der Waals surface area (Å²) in [4.78, 5) is 17.6. The first kappa shape index (κ1) is 13.7. The predicted octanol–water partition coefficient (Wildman–Crippen LogP) is 4.49. The zero-order valence-corrected chi connectivity index (χ0v) is 12.4. The molecule has 4 heteroatoms. The van der Waals surface area contributed by atoms with E-state index >= 15 is 0 Å². The first-order valence-corrected chi connectivity index (χ1v) is 7.22. The van der Waals surface area contributed by atoms with E-state index in [1.165, 1.54) is 0 Å². The first-order chi connectivity index (χ1) is 10.2. The average molecular weight is 299 g/mol. The van der Waals surface area contributed by atoms with Gasteiger partial charge in [-0.25, -0.2) is 0 Å². The van der Waals surface area contributed by atoms with Crippen molar-refractivity contribution in [3.05, 3.63) is 65.3 Å². The highest BCUT2D eigenvalue weighted by Gasteiger charge is 2.17. The number of hydrogen-bond acceptors (Lipinski definition) is 1. The summed E-state index contributed by atoms with van der Waals surface area (Å²) in [5.41, 5.74) is 2.33. The van der Waals surface area contributed by atoms with Crippen LogP contribution in [0.2, 0.25) is 5.02 Å². The zero-order chi connectivity index (χ0) is 14.8. The van der Waals surface area contributed by atoms with Crippen LogP contribution in [0.5, 0.6) is 0 Å². The molecule has 0 fully saturated rings. The fraction of sp³-hybridized carbons (Fsp3) is 0.118. The highest BCUT2D eigenvalue weighted by Crippen LogP contribution is 2.22. The number of nitrogens with one attached hydrogen (secondary N) is 1. The number of rotatable bonds is 3. The molecule has 0 aliphatic rings. The molecule has 0 saturated heterocycles. The Morgan fingerprint density at radius 1 is 1.14 bits per heavy atom. The number of H-pyrrole nitrogens is 1. The molecular formula is C17H15ClN2O. The summed E-state index contributed by atoms with van der Waals surface area (Å²) in [6, 6.07) is 17.1. The fourth-order valence-corrected chi connectivity index (χ4v) is 2.58. The van der Waals surface area contributed by atoms with Gasteiger partial charge in [0, 0.05) is 28.2 Å². The van der Waals surface area contributed by atoms with Gasteiger partial charge in [-0.1, -0.05) is 35.9 Å². The summed E-state index contributed by atoms with van der Waals surface area (Å²) in [6.07, 6.45) is 0. The minimum atomic E-state index is -0.0453. The molecule has 3 aromatic rings. The van der Waals surface area contributed by atoms with E-state index in [9.17, 15) is 4.79 Å². The Bertz CT molecular complexity index is 780. The summed E-state index contributed by atoms with van der Waals surface area (Å²) >= 11 is 5.98. The Balaban J connectivity index is 1.98. The molecule has 1 amide bonds. The second-order valence-electron chi connectivity index (χ2n) is 4.80. The van der Waals surface area contributed by atoms with E-state index in [0.717, 1.165) is 16.6 Å². The van der Waals surface area contributed by atoms with Gasteiger partial charge in [-0.15, -0.1) is 0 Å². The molecule has 106 valence electrons. The fourth-order valence-electron chi connectivity index (χ4n) is 2.41. The minimum Gasteiger partial charge on any atom is -0.350 e. The van der Waals surface area contributed by atoms with Crippen LogP contribution in [0, 0.1) is 0 Å². The van der Waals surface area contributed by atoms with E-state index < -0.39 is 0 Å². The van der Waals surface area contributed by atoms with Gasteiger partial charge in [0.25, 0.3) is 5.91 Å². The smallest absolute Gasteiger partial charge is 0.274 e. The number of anilines is 1. The molecule has 0 unspecified atom stereocenters. The maximum Gasteiger partial charge on any atom is 0.274 e. The van der Waals surface area contributed by atoms with Crippen LogP contribution in [0.1, 0.15) is 17.4 Å². The number of halogens is 1. The maximum absolute atomic E-state index is 12.7. The first-order valence-electron chi connectivity index (χ1n) is 6.84. The molecule has 0 saturated carbocycles. The van der Waals surface area contributed by atoms with E-state index in [4.69, 9.17) is 11.6 Å². The van der Waals surface area contributed by atoms with Crippen LogP contribution in [0.15, 0.2) is 54.6 Å². The van der Waals surface area contributed by atoms with Crippen LogP contribution in [0.25, 0.3) is 10.9 Å². The summed E-state index contributed by atoms with van der Waals surface area (Å²) in [5, 5.41) is 1.63. The Morgan fingerprint density at radius 3 is 2.62 bits per heavy atom. The SMILES string of the molecule is CCN(C(=O)c1cc2ccc(Cl)cc2[nH]1)c1ccccc1. The third-order valence-electron chi connectivity index (χ3n) is 3.44. The number of para-hydroxylation sites is 1. The molecule has 1 heterocycles. The molecular weight excluding hydrogens is 284 g/mol. The standard InChI is InChI=1S/C17H15ClN2O/c1-2-20(14-6-4-3-5-7-14)17(21)16-10-12-8-9-13(18)11-15(12)19-16/h3-11,19H,2H2,1H3. The van der Waals surface area contributed by atoms with Crippen molar-refractivity contribution < 1.29 is 4.79 Å². The quantitative estimate of drug-likeness (QED) is 0.760. The summed E-state index contributed by atoms with van der Waals surface area (Å²) < 4.78 is 0. The minimum absolute atomic E-state index is 0.0453. The van der Waals surface area contributed by atoms with Gasteiger partial charge in [0.1, 0.15) is 5.69 Å². The van der Waals surface area contributed by atoms with E-state index in [2.05, 4.69) is 4.98 Å². The van der Waals surface area contributed by atoms with E-state index in [0.29, 0.717) is 17.3 Å². The van der Waals surface area contributed by atoms with Gasteiger partial charge in [0.2, 0.25) is 0 Å². The topological polar surface area (TPSA) is 36.1 Å². The van der Waals surface area contributed by atoms with Gasteiger partial charge in [-0.2, -0.15) is 0 Å². The molecule has 21 heavy (non-hydrogen) atoms. The molecule has 0 radical (unpaired) electrons. The molecule has 3 rings (SSSR count). The van der Waals surface area contributed by atoms with Gasteiger partial charge < -0.3 is 9.88 Å². The highest BCUT2D eigenvalue weighted by atomic mass is 35.5. The lowest BCUT2D eigenvalue weighted by molar-refractivity contribution is 0.0984. The maximum atomic E-state index is 12.7. The van der Waals surface area contributed by atoms with Gasteiger partial charge in [0.05, 0.1) is 0 Å². The lowest BCUT2D eigenvalue weighted by Gasteiger charge is -2.20. The van der Waals surface area contributed by atoms with Gasteiger partial charge in [-0.3, -0.25) is 4.79 Å².